The largest absolute Gasteiger partial charge is 0.324 e. The molecule has 0 radical (unpaired) electrons. The third kappa shape index (κ3) is 4.29. The molecule has 0 saturated heterocycles. The number of nitrogens with one attached hydrogen (secondary N) is 1. The predicted octanol–water partition coefficient (Wildman–Crippen LogP) is 4.60. The van der Waals surface area contributed by atoms with Crippen LogP contribution in [0.3, 0.4) is 0 Å². The Bertz CT molecular complexity index is 1230. The van der Waals surface area contributed by atoms with Gasteiger partial charge in [-0.3, -0.25) is 10.0 Å². The summed E-state index contributed by atoms with van der Waals surface area (Å²) < 4.78 is 15.7. The van der Waals surface area contributed by atoms with Crippen molar-refractivity contribution in [2.75, 3.05) is 0 Å². The van der Waals surface area contributed by atoms with E-state index in [-0.39, 0.29) is 5.82 Å². The molecule has 1 heterocycles. The lowest BCUT2D eigenvalue weighted by Gasteiger charge is -2.10. The molecule has 0 aliphatic rings. The Morgan fingerprint density at radius 1 is 1.07 bits per heavy atom. The van der Waals surface area contributed by atoms with Gasteiger partial charge >= 0.3 is 0 Å². The van der Waals surface area contributed by atoms with E-state index in [0.717, 1.165) is 33.5 Å². The van der Waals surface area contributed by atoms with Gasteiger partial charge in [0.25, 0.3) is 5.91 Å². The summed E-state index contributed by atoms with van der Waals surface area (Å²) in [7, 11) is 0. The fourth-order valence-corrected chi connectivity index (χ4v) is 3.45. The Morgan fingerprint density at radius 2 is 1.90 bits per heavy atom. The Kier molecular flexibility index (Phi) is 5.68. The molecule has 2 N–H and O–H groups in total. The van der Waals surface area contributed by atoms with E-state index in [1.807, 2.05) is 54.6 Å². The van der Waals surface area contributed by atoms with Gasteiger partial charge < -0.3 is 4.57 Å². The van der Waals surface area contributed by atoms with Gasteiger partial charge in [-0.05, 0) is 54.0 Å². The molecule has 6 heteroatoms. The third-order valence-electron chi connectivity index (χ3n) is 4.85. The van der Waals surface area contributed by atoms with Gasteiger partial charge in [0.2, 0.25) is 0 Å². The monoisotopic (exact) mass is 401 g/mol. The van der Waals surface area contributed by atoms with Crippen LogP contribution in [0.4, 0.5) is 4.39 Å². The maximum absolute atomic E-state index is 13.6. The van der Waals surface area contributed by atoms with Crippen LogP contribution in [0.25, 0.3) is 28.5 Å². The number of amides is 1. The van der Waals surface area contributed by atoms with E-state index in [1.54, 1.807) is 23.7 Å². The van der Waals surface area contributed by atoms with Gasteiger partial charge in [0.1, 0.15) is 11.6 Å². The second-order valence-electron chi connectivity index (χ2n) is 6.89. The molecule has 4 rings (SSSR count). The average molecular weight is 401 g/mol. The van der Waals surface area contributed by atoms with Crippen molar-refractivity contribution in [2.24, 2.45) is 0 Å². The SMILES string of the molecule is O=C(/C=C/c1cccc(-c2nc3ccccc3n2CCc2cccc(F)c2)c1)NO. The first-order chi connectivity index (χ1) is 14.6. The van der Waals surface area contributed by atoms with Crippen molar-refractivity contribution in [2.45, 2.75) is 13.0 Å². The molecule has 5 nitrogen and oxygen atoms in total. The summed E-state index contributed by atoms with van der Waals surface area (Å²) >= 11 is 0. The van der Waals surface area contributed by atoms with Crippen molar-refractivity contribution in [3.8, 4) is 11.4 Å². The Hall–Kier alpha value is -3.77. The highest BCUT2D eigenvalue weighted by Gasteiger charge is 2.13. The molecular weight excluding hydrogens is 381 g/mol. The highest BCUT2D eigenvalue weighted by molar-refractivity contribution is 5.91. The van der Waals surface area contributed by atoms with Gasteiger partial charge in [0.15, 0.2) is 0 Å². The van der Waals surface area contributed by atoms with E-state index in [2.05, 4.69) is 4.57 Å². The van der Waals surface area contributed by atoms with Crippen LogP contribution in [-0.2, 0) is 17.8 Å². The number of benzene rings is 3. The van der Waals surface area contributed by atoms with Crippen molar-refractivity contribution in [3.05, 3.63) is 95.8 Å². The van der Waals surface area contributed by atoms with Crippen molar-refractivity contribution in [1.29, 1.82) is 0 Å². The molecule has 0 aliphatic heterocycles. The maximum Gasteiger partial charge on any atom is 0.267 e. The van der Waals surface area contributed by atoms with Gasteiger partial charge in [-0.25, -0.2) is 14.9 Å². The molecule has 150 valence electrons. The molecule has 0 spiro atoms. The van der Waals surface area contributed by atoms with Gasteiger partial charge in [-0.15, -0.1) is 0 Å². The van der Waals surface area contributed by atoms with Crippen LogP contribution >= 0.6 is 0 Å². The number of hydrogen-bond donors (Lipinski definition) is 2. The van der Waals surface area contributed by atoms with Gasteiger partial charge in [-0.1, -0.05) is 42.5 Å². The number of carbonyl (C=O) groups excluding carboxylic acids is 1. The van der Waals surface area contributed by atoms with E-state index in [4.69, 9.17) is 10.2 Å². The number of carbonyl (C=O) groups is 1. The Labute approximate surface area is 173 Å². The minimum atomic E-state index is -0.595. The smallest absolute Gasteiger partial charge is 0.267 e. The number of hydroxylamine groups is 1. The van der Waals surface area contributed by atoms with Crippen LogP contribution in [0, 0.1) is 5.82 Å². The van der Waals surface area contributed by atoms with Crippen LogP contribution in [0.2, 0.25) is 0 Å². The standard InChI is InChI=1S/C24H20FN3O2/c25-20-8-4-6-18(16-20)13-14-28-22-10-2-1-9-21(22)26-24(28)19-7-3-5-17(15-19)11-12-23(29)27-30/h1-12,15-16,30H,13-14H2,(H,27,29)/b12-11+. The molecule has 0 fully saturated rings. The summed E-state index contributed by atoms with van der Waals surface area (Å²) in [6.07, 6.45) is 3.54. The number of para-hydroxylation sites is 2. The van der Waals surface area contributed by atoms with Crippen molar-refractivity contribution in [3.63, 3.8) is 0 Å². The summed E-state index contributed by atoms with van der Waals surface area (Å²) in [6.45, 7) is 0.645. The second kappa shape index (κ2) is 8.71. The quantitative estimate of drug-likeness (QED) is 0.282. The number of fused-ring (bicyclic) bond motifs is 1. The van der Waals surface area contributed by atoms with Gasteiger partial charge in [0, 0.05) is 18.2 Å². The van der Waals surface area contributed by atoms with E-state index >= 15 is 0 Å². The molecule has 3 aromatic carbocycles. The number of rotatable bonds is 6. The highest BCUT2D eigenvalue weighted by Crippen LogP contribution is 2.26. The molecule has 0 saturated carbocycles. The number of imidazole rings is 1. The fraction of sp³-hybridized carbons (Fsp3) is 0.0833. The van der Waals surface area contributed by atoms with Crippen molar-refractivity contribution >= 4 is 23.0 Å². The Morgan fingerprint density at radius 3 is 2.73 bits per heavy atom. The van der Waals surface area contributed by atoms with E-state index in [0.29, 0.717) is 13.0 Å². The maximum atomic E-state index is 13.6. The molecule has 4 aromatic rings. The zero-order chi connectivity index (χ0) is 20.9. The number of halogens is 1. The first kappa shape index (κ1) is 19.5. The molecule has 30 heavy (non-hydrogen) atoms. The van der Waals surface area contributed by atoms with Crippen LogP contribution in [0.15, 0.2) is 78.9 Å². The molecule has 1 amide bonds. The van der Waals surface area contributed by atoms with Crippen molar-refractivity contribution in [1.82, 2.24) is 15.0 Å². The first-order valence-electron chi connectivity index (χ1n) is 9.56. The van der Waals surface area contributed by atoms with E-state index in [9.17, 15) is 9.18 Å². The summed E-state index contributed by atoms with van der Waals surface area (Å²) in [5.74, 6) is -0.0354. The van der Waals surface area contributed by atoms with Crippen LogP contribution < -0.4 is 5.48 Å². The summed E-state index contributed by atoms with van der Waals surface area (Å²) in [5.41, 5.74) is 6.09. The number of aromatic nitrogens is 2. The molecular formula is C24H20FN3O2. The lowest BCUT2D eigenvalue weighted by atomic mass is 10.1. The highest BCUT2D eigenvalue weighted by atomic mass is 19.1. The second-order valence-corrected chi connectivity index (χ2v) is 6.89. The third-order valence-corrected chi connectivity index (χ3v) is 4.85. The number of hydrogen-bond acceptors (Lipinski definition) is 3. The van der Waals surface area contributed by atoms with E-state index < -0.39 is 5.91 Å². The van der Waals surface area contributed by atoms with Crippen LogP contribution in [-0.4, -0.2) is 20.7 Å². The summed E-state index contributed by atoms with van der Waals surface area (Å²) in [6, 6.07) is 22.2. The minimum Gasteiger partial charge on any atom is -0.324 e. The molecule has 0 aliphatic carbocycles. The van der Waals surface area contributed by atoms with Gasteiger partial charge in [0.05, 0.1) is 11.0 Å². The predicted molar refractivity (Wildman–Crippen MR) is 114 cm³/mol. The molecule has 1 aromatic heterocycles. The topological polar surface area (TPSA) is 67.2 Å². The summed E-state index contributed by atoms with van der Waals surface area (Å²) in [4.78, 5) is 16.1. The average Bonchev–Trinajstić information content (AvgIpc) is 3.15. The Balaban J connectivity index is 1.71. The van der Waals surface area contributed by atoms with Crippen LogP contribution in [0.1, 0.15) is 11.1 Å². The number of nitrogens with zero attached hydrogens (tertiary/aromatic N) is 2. The normalized spacial score (nSPS) is 11.3. The molecule has 0 unspecified atom stereocenters. The zero-order valence-corrected chi connectivity index (χ0v) is 16.1. The van der Waals surface area contributed by atoms with Gasteiger partial charge in [-0.2, -0.15) is 0 Å². The first-order valence-corrected chi connectivity index (χ1v) is 9.56. The molecule has 0 atom stereocenters. The lowest BCUT2D eigenvalue weighted by Crippen LogP contribution is -2.14. The lowest BCUT2D eigenvalue weighted by molar-refractivity contribution is -0.124. The number of aryl methyl sites for hydroxylation is 2. The van der Waals surface area contributed by atoms with Crippen LogP contribution in [0.5, 0.6) is 0 Å². The zero-order valence-electron chi connectivity index (χ0n) is 16.1. The molecule has 0 bridgehead atoms. The fourth-order valence-electron chi connectivity index (χ4n) is 3.45. The van der Waals surface area contributed by atoms with E-state index in [1.165, 1.54) is 12.1 Å². The summed E-state index contributed by atoms with van der Waals surface area (Å²) in [5, 5.41) is 8.64. The minimum absolute atomic E-state index is 0.241. The van der Waals surface area contributed by atoms with Crippen molar-refractivity contribution < 1.29 is 14.4 Å².